The molecule has 1 aliphatic heterocycles. The van der Waals surface area contributed by atoms with E-state index < -0.39 is 38.8 Å². The van der Waals surface area contributed by atoms with Gasteiger partial charge in [-0.2, -0.15) is 0 Å². The van der Waals surface area contributed by atoms with E-state index in [0.29, 0.717) is 5.56 Å². The van der Waals surface area contributed by atoms with E-state index in [-0.39, 0.29) is 4.90 Å². The number of aliphatic carboxylic acids is 1. The number of amides is 1. The van der Waals surface area contributed by atoms with Crippen molar-refractivity contribution >= 4 is 21.7 Å². The first-order valence-corrected chi connectivity index (χ1v) is 7.21. The minimum Gasteiger partial charge on any atom is -0.480 e. The van der Waals surface area contributed by atoms with Crippen molar-refractivity contribution in [3.63, 3.8) is 0 Å². The number of hydrogen-bond donors (Lipinski definition) is 2. The van der Waals surface area contributed by atoms with E-state index in [1.807, 2.05) is 0 Å². The van der Waals surface area contributed by atoms with Crippen molar-refractivity contribution in [3.8, 4) is 0 Å². The van der Waals surface area contributed by atoms with E-state index in [1.54, 1.807) is 12.1 Å². The summed E-state index contributed by atoms with van der Waals surface area (Å²) < 4.78 is 24.0. The minimum absolute atomic E-state index is 0.0775. The molecule has 1 heterocycles. The SMILES string of the molecule is CC(C(N)=O)(C(=O)O)C1CS(=O)(=O)c2ccccc21. The van der Waals surface area contributed by atoms with Crippen LogP contribution >= 0.6 is 0 Å². The van der Waals surface area contributed by atoms with Gasteiger partial charge in [0, 0.05) is 5.92 Å². The van der Waals surface area contributed by atoms with Gasteiger partial charge in [0.1, 0.15) is 0 Å². The molecule has 0 bridgehead atoms. The van der Waals surface area contributed by atoms with Gasteiger partial charge >= 0.3 is 5.97 Å². The van der Waals surface area contributed by atoms with Crippen LogP contribution in [0.25, 0.3) is 0 Å². The Labute approximate surface area is 110 Å². The monoisotopic (exact) mass is 283 g/mol. The molecule has 6 nitrogen and oxygen atoms in total. The van der Waals surface area contributed by atoms with Crippen molar-refractivity contribution in [2.45, 2.75) is 17.7 Å². The third-order valence-corrected chi connectivity index (χ3v) is 5.48. The van der Waals surface area contributed by atoms with Crippen LogP contribution in [0.5, 0.6) is 0 Å². The summed E-state index contributed by atoms with van der Waals surface area (Å²) in [6.07, 6.45) is 0. The van der Waals surface area contributed by atoms with Crippen molar-refractivity contribution in [1.82, 2.24) is 0 Å². The van der Waals surface area contributed by atoms with Crippen molar-refractivity contribution in [2.24, 2.45) is 11.1 Å². The molecule has 1 aliphatic rings. The molecule has 102 valence electrons. The Kier molecular flexibility index (Phi) is 2.89. The van der Waals surface area contributed by atoms with E-state index >= 15 is 0 Å². The summed E-state index contributed by atoms with van der Waals surface area (Å²) in [7, 11) is -3.58. The molecule has 0 fully saturated rings. The minimum atomic E-state index is -3.58. The average molecular weight is 283 g/mol. The summed E-state index contributed by atoms with van der Waals surface area (Å²) in [6.45, 7) is 1.17. The van der Waals surface area contributed by atoms with E-state index in [2.05, 4.69) is 0 Å². The molecular formula is C12H13NO5S. The number of nitrogens with two attached hydrogens (primary N) is 1. The van der Waals surface area contributed by atoms with Crippen LogP contribution in [0, 0.1) is 5.41 Å². The fourth-order valence-corrected chi connectivity index (χ4v) is 4.34. The second-order valence-corrected chi connectivity index (χ2v) is 6.75. The highest BCUT2D eigenvalue weighted by Gasteiger charge is 2.53. The van der Waals surface area contributed by atoms with Gasteiger partial charge in [0.15, 0.2) is 15.3 Å². The van der Waals surface area contributed by atoms with Crippen LogP contribution in [0.15, 0.2) is 29.2 Å². The lowest BCUT2D eigenvalue weighted by molar-refractivity contribution is -0.154. The lowest BCUT2D eigenvalue weighted by Crippen LogP contribution is -2.46. The van der Waals surface area contributed by atoms with Crippen molar-refractivity contribution < 1.29 is 23.1 Å². The molecule has 1 amide bonds. The van der Waals surface area contributed by atoms with Gasteiger partial charge in [-0.1, -0.05) is 18.2 Å². The Morgan fingerprint density at radius 3 is 2.47 bits per heavy atom. The number of fused-ring (bicyclic) bond motifs is 1. The summed E-state index contributed by atoms with van der Waals surface area (Å²) in [5.41, 5.74) is 3.58. The molecule has 1 aromatic rings. The Morgan fingerprint density at radius 2 is 1.95 bits per heavy atom. The molecule has 1 aromatic carbocycles. The number of sulfone groups is 1. The van der Waals surface area contributed by atoms with Crippen LogP contribution in [0.3, 0.4) is 0 Å². The standard InChI is InChI=1S/C12H13NO5S/c1-12(10(13)14,11(15)16)8-6-19(17,18)9-5-3-2-4-7(8)9/h2-5,8H,6H2,1H3,(H2,13,14)(H,15,16). The second kappa shape index (κ2) is 4.06. The molecule has 19 heavy (non-hydrogen) atoms. The highest BCUT2D eigenvalue weighted by molar-refractivity contribution is 7.91. The zero-order chi connectivity index (χ0) is 14.4. The first kappa shape index (κ1) is 13.5. The lowest BCUT2D eigenvalue weighted by Gasteiger charge is -2.27. The third-order valence-electron chi connectivity index (χ3n) is 3.67. The van der Waals surface area contributed by atoms with Gasteiger partial charge in [-0.15, -0.1) is 0 Å². The van der Waals surface area contributed by atoms with Gasteiger partial charge in [0.05, 0.1) is 10.6 Å². The van der Waals surface area contributed by atoms with Crippen LogP contribution in [-0.2, 0) is 19.4 Å². The van der Waals surface area contributed by atoms with Crippen molar-refractivity contribution in [2.75, 3.05) is 5.75 Å². The zero-order valence-electron chi connectivity index (χ0n) is 10.2. The fourth-order valence-electron chi connectivity index (χ4n) is 2.35. The summed E-state index contributed by atoms with van der Waals surface area (Å²) in [5.74, 6) is -3.85. The van der Waals surface area contributed by atoms with E-state index in [1.165, 1.54) is 19.1 Å². The number of carbonyl (C=O) groups excluding carboxylic acids is 1. The van der Waals surface area contributed by atoms with Gasteiger partial charge in [0.2, 0.25) is 5.91 Å². The fraction of sp³-hybridized carbons (Fsp3) is 0.333. The number of hydrogen-bond acceptors (Lipinski definition) is 4. The van der Waals surface area contributed by atoms with Gasteiger partial charge in [-0.05, 0) is 18.6 Å². The number of benzene rings is 1. The molecule has 3 N–H and O–H groups in total. The van der Waals surface area contributed by atoms with Crippen LogP contribution in [0.1, 0.15) is 18.4 Å². The van der Waals surface area contributed by atoms with Gasteiger partial charge < -0.3 is 10.8 Å². The Balaban J connectivity index is 2.67. The van der Waals surface area contributed by atoms with Gasteiger partial charge in [0.25, 0.3) is 0 Å². The first-order chi connectivity index (χ1) is 8.71. The van der Waals surface area contributed by atoms with Crippen LogP contribution in [0.4, 0.5) is 0 Å². The van der Waals surface area contributed by atoms with Crippen molar-refractivity contribution in [1.29, 1.82) is 0 Å². The number of carboxylic acids is 1. The first-order valence-electron chi connectivity index (χ1n) is 5.56. The van der Waals surface area contributed by atoms with Gasteiger partial charge in [-0.25, -0.2) is 8.42 Å². The second-order valence-electron chi connectivity index (χ2n) is 4.74. The van der Waals surface area contributed by atoms with Crippen LogP contribution in [0.2, 0.25) is 0 Å². The third kappa shape index (κ3) is 1.81. The smallest absolute Gasteiger partial charge is 0.319 e. The molecule has 0 radical (unpaired) electrons. The highest BCUT2D eigenvalue weighted by atomic mass is 32.2. The molecular weight excluding hydrogens is 270 g/mol. The predicted molar refractivity (Wildman–Crippen MR) is 66.2 cm³/mol. The molecule has 0 aliphatic carbocycles. The summed E-state index contributed by atoms with van der Waals surface area (Å²) in [6, 6.07) is 6.10. The quantitative estimate of drug-likeness (QED) is 0.765. The molecule has 0 saturated heterocycles. The molecule has 2 atom stereocenters. The Hall–Kier alpha value is -1.89. The summed E-state index contributed by atoms with van der Waals surface area (Å²) >= 11 is 0. The maximum Gasteiger partial charge on any atom is 0.319 e. The average Bonchev–Trinajstić information content (AvgIpc) is 2.61. The maximum absolute atomic E-state index is 12.0. The topological polar surface area (TPSA) is 115 Å². The molecule has 0 saturated carbocycles. The highest BCUT2D eigenvalue weighted by Crippen LogP contribution is 2.45. The Morgan fingerprint density at radius 1 is 1.37 bits per heavy atom. The van der Waals surface area contributed by atoms with Crippen LogP contribution < -0.4 is 5.73 Å². The Bertz CT molecular complexity index is 650. The number of rotatable bonds is 3. The molecule has 0 spiro atoms. The largest absolute Gasteiger partial charge is 0.480 e. The van der Waals surface area contributed by atoms with Crippen molar-refractivity contribution in [3.05, 3.63) is 29.8 Å². The summed E-state index contributed by atoms with van der Waals surface area (Å²) in [4.78, 5) is 23.0. The normalized spacial score (nSPS) is 23.3. The maximum atomic E-state index is 12.0. The van der Waals surface area contributed by atoms with Crippen LogP contribution in [-0.4, -0.2) is 31.2 Å². The zero-order valence-corrected chi connectivity index (χ0v) is 11.0. The molecule has 2 rings (SSSR count). The number of primary amides is 1. The summed E-state index contributed by atoms with van der Waals surface area (Å²) in [5, 5.41) is 9.26. The molecule has 7 heteroatoms. The van der Waals surface area contributed by atoms with E-state index in [9.17, 15) is 23.1 Å². The number of carboxylic acid groups (broad SMARTS) is 1. The molecule has 2 unspecified atom stereocenters. The van der Waals surface area contributed by atoms with E-state index in [4.69, 9.17) is 5.73 Å². The predicted octanol–water partition coefficient (Wildman–Crippen LogP) is 0.134. The van der Waals surface area contributed by atoms with Gasteiger partial charge in [-0.3, -0.25) is 9.59 Å². The number of carbonyl (C=O) groups is 2. The van der Waals surface area contributed by atoms with E-state index in [0.717, 1.165) is 0 Å². The molecule has 0 aromatic heterocycles. The lowest BCUT2D eigenvalue weighted by atomic mass is 9.74.